The molecule has 0 aliphatic carbocycles. The molecular formula is C8H8BrCl2NO3S2. The van der Waals surface area contributed by atoms with Crippen molar-refractivity contribution in [1.82, 2.24) is 4.31 Å². The molecular weight excluding hydrogens is 373 g/mol. The van der Waals surface area contributed by atoms with Gasteiger partial charge in [0.05, 0.1) is 17.7 Å². The summed E-state index contributed by atoms with van der Waals surface area (Å²) in [5.74, 6) is 0. The number of nitrogens with zero attached hydrogens (tertiary/aromatic N) is 1. The molecule has 1 aromatic rings. The Morgan fingerprint density at radius 1 is 1.24 bits per heavy atom. The van der Waals surface area contributed by atoms with Crippen LogP contribution in [0.5, 0.6) is 0 Å². The molecule has 0 atom stereocenters. The second kappa shape index (κ2) is 5.32. The van der Waals surface area contributed by atoms with Gasteiger partial charge in [-0.3, -0.25) is 0 Å². The van der Waals surface area contributed by atoms with Crippen LogP contribution < -0.4 is 0 Å². The first kappa shape index (κ1) is 14.0. The van der Waals surface area contributed by atoms with Crippen molar-refractivity contribution in [3.05, 3.63) is 13.1 Å². The van der Waals surface area contributed by atoms with Crippen LogP contribution in [0.1, 0.15) is 0 Å². The minimum absolute atomic E-state index is 0.0519. The average molecular weight is 381 g/mol. The van der Waals surface area contributed by atoms with Crippen molar-refractivity contribution in [2.75, 3.05) is 26.3 Å². The van der Waals surface area contributed by atoms with Crippen molar-refractivity contribution in [3.8, 4) is 0 Å². The van der Waals surface area contributed by atoms with Gasteiger partial charge in [0.2, 0.25) is 10.0 Å². The molecule has 96 valence electrons. The fourth-order valence-corrected chi connectivity index (χ4v) is 6.36. The lowest BCUT2D eigenvalue weighted by molar-refractivity contribution is 0.0730. The summed E-state index contributed by atoms with van der Waals surface area (Å²) in [6, 6.07) is 0. The van der Waals surface area contributed by atoms with E-state index in [4.69, 9.17) is 27.9 Å². The van der Waals surface area contributed by atoms with Gasteiger partial charge < -0.3 is 4.74 Å². The van der Waals surface area contributed by atoms with Crippen molar-refractivity contribution in [2.24, 2.45) is 0 Å². The Morgan fingerprint density at radius 3 is 2.29 bits per heavy atom. The van der Waals surface area contributed by atoms with E-state index in [0.29, 0.717) is 35.1 Å². The van der Waals surface area contributed by atoms with E-state index in [9.17, 15) is 8.42 Å². The first-order valence-corrected chi connectivity index (χ1v) is 8.46. The summed E-state index contributed by atoms with van der Waals surface area (Å²) in [6.45, 7) is 1.45. The topological polar surface area (TPSA) is 46.6 Å². The van der Waals surface area contributed by atoms with Crippen molar-refractivity contribution in [2.45, 2.75) is 4.90 Å². The van der Waals surface area contributed by atoms with E-state index in [1.165, 1.54) is 4.31 Å². The third kappa shape index (κ3) is 2.65. The smallest absolute Gasteiger partial charge is 0.246 e. The number of thiophene rings is 1. The molecule has 0 spiro atoms. The van der Waals surface area contributed by atoms with Crippen LogP contribution in [-0.4, -0.2) is 39.0 Å². The highest BCUT2D eigenvalue weighted by molar-refractivity contribution is 9.10. The van der Waals surface area contributed by atoms with Gasteiger partial charge >= 0.3 is 0 Å². The molecule has 0 saturated carbocycles. The summed E-state index contributed by atoms with van der Waals surface area (Å²) in [7, 11) is -3.60. The van der Waals surface area contributed by atoms with Gasteiger partial charge in [-0.1, -0.05) is 23.2 Å². The quantitative estimate of drug-likeness (QED) is 0.792. The highest BCUT2D eigenvalue weighted by Crippen LogP contribution is 2.44. The number of morpholine rings is 1. The third-order valence-electron chi connectivity index (χ3n) is 2.30. The zero-order valence-electron chi connectivity index (χ0n) is 8.45. The zero-order valence-corrected chi connectivity index (χ0v) is 13.2. The SMILES string of the molecule is O=S(=O)(c1c(Cl)sc(Cl)c1Br)N1CCOCC1. The van der Waals surface area contributed by atoms with Gasteiger partial charge in [-0.2, -0.15) is 4.31 Å². The molecule has 0 N–H and O–H groups in total. The Hall–Kier alpha value is 0.630. The Morgan fingerprint density at radius 2 is 1.82 bits per heavy atom. The summed E-state index contributed by atoms with van der Waals surface area (Å²) < 4.78 is 32.0. The van der Waals surface area contributed by atoms with Gasteiger partial charge in [0.15, 0.2) is 0 Å². The Bertz CT molecular complexity index is 525. The van der Waals surface area contributed by atoms with Crippen molar-refractivity contribution < 1.29 is 13.2 Å². The van der Waals surface area contributed by atoms with E-state index in [-0.39, 0.29) is 9.23 Å². The minimum atomic E-state index is -3.60. The predicted octanol–water partition coefficient (Wildman–Crippen LogP) is 2.84. The molecule has 0 amide bonds. The fraction of sp³-hybridized carbons (Fsp3) is 0.500. The minimum Gasteiger partial charge on any atom is -0.379 e. The summed E-state index contributed by atoms with van der Waals surface area (Å²) in [6.07, 6.45) is 0. The fourth-order valence-electron chi connectivity index (χ4n) is 1.48. The monoisotopic (exact) mass is 379 g/mol. The van der Waals surface area contributed by atoms with Gasteiger partial charge in [0, 0.05) is 13.1 Å². The van der Waals surface area contributed by atoms with Crippen molar-refractivity contribution in [1.29, 1.82) is 0 Å². The molecule has 0 unspecified atom stereocenters. The Kier molecular flexibility index (Phi) is 4.40. The maximum atomic E-state index is 12.3. The van der Waals surface area contributed by atoms with Crippen LogP contribution in [0.3, 0.4) is 0 Å². The van der Waals surface area contributed by atoms with Gasteiger partial charge in [0.1, 0.15) is 13.6 Å². The first-order chi connectivity index (χ1) is 7.94. The van der Waals surface area contributed by atoms with Crippen LogP contribution in [0.4, 0.5) is 0 Å². The molecule has 0 aromatic carbocycles. The van der Waals surface area contributed by atoms with Crippen LogP contribution in [-0.2, 0) is 14.8 Å². The Labute approximate surface area is 122 Å². The van der Waals surface area contributed by atoms with Crippen LogP contribution >= 0.6 is 50.5 Å². The van der Waals surface area contributed by atoms with Crippen LogP contribution in [0.25, 0.3) is 0 Å². The largest absolute Gasteiger partial charge is 0.379 e. The number of hydrogen-bond donors (Lipinski definition) is 0. The van der Waals surface area contributed by atoms with Gasteiger partial charge in [0.25, 0.3) is 0 Å². The predicted molar refractivity (Wildman–Crippen MR) is 71.6 cm³/mol. The highest BCUT2D eigenvalue weighted by Gasteiger charge is 2.32. The molecule has 9 heteroatoms. The number of ether oxygens (including phenoxy) is 1. The lowest BCUT2D eigenvalue weighted by Gasteiger charge is -2.25. The maximum Gasteiger partial charge on any atom is 0.246 e. The molecule has 1 aliphatic heterocycles. The summed E-state index contributed by atoms with van der Waals surface area (Å²) in [5.41, 5.74) is 0. The van der Waals surface area contributed by atoms with E-state index in [2.05, 4.69) is 15.9 Å². The molecule has 2 rings (SSSR count). The first-order valence-electron chi connectivity index (χ1n) is 4.66. The molecule has 0 radical (unpaired) electrons. The highest BCUT2D eigenvalue weighted by atomic mass is 79.9. The van der Waals surface area contributed by atoms with Gasteiger partial charge in [-0.05, 0) is 15.9 Å². The number of hydrogen-bond acceptors (Lipinski definition) is 4. The molecule has 1 aliphatic rings. The van der Waals surface area contributed by atoms with E-state index in [1.54, 1.807) is 0 Å². The normalized spacial score (nSPS) is 18.5. The number of rotatable bonds is 2. The van der Waals surface area contributed by atoms with Crippen molar-refractivity contribution in [3.63, 3.8) is 0 Å². The van der Waals surface area contributed by atoms with E-state index in [0.717, 1.165) is 11.3 Å². The molecule has 1 fully saturated rings. The van der Waals surface area contributed by atoms with E-state index < -0.39 is 10.0 Å². The average Bonchev–Trinajstić information content (AvgIpc) is 2.54. The molecule has 0 bridgehead atoms. The maximum absolute atomic E-state index is 12.3. The van der Waals surface area contributed by atoms with Gasteiger partial charge in [-0.15, -0.1) is 11.3 Å². The van der Waals surface area contributed by atoms with E-state index in [1.807, 2.05) is 0 Å². The zero-order chi connectivity index (χ0) is 12.6. The molecule has 1 aromatic heterocycles. The van der Waals surface area contributed by atoms with Crippen LogP contribution in [0, 0.1) is 0 Å². The Balaban J connectivity index is 2.43. The number of halogens is 3. The molecule has 2 heterocycles. The second-order valence-corrected chi connectivity index (χ2v) is 8.20. The molecule has 1 saturated heterocycles. The van der Waals surface area contributed by atoms with Crippen LogP contribution in [0.15, 0.2) is 9.37 Å². The summed E-state index contributed by atoms with van der Waals surface area (Å²) in [4.78, 5) is 0.0519. The van der Waals surface area contributed by atoms with Crippen LogP contribution in [0.2, 0.25) is 8.67 Å². The second-order valence-electron chi connectivity index (χ2n) is 3.31. The standard InChI is InChI=1S/C8H8BrCl2NO3S2/c9-5-6(8(11)16-7(5)10)17(13,14)12-1-3-15-4-2-12/h1-4H2. The van der Waals surface area contributed by atoms with Crippen molar-refractivity contribution >= 4 is 60.5 Å². The lowest BCUT2D eigenvalue weighted by atomic mass is 10.5. The number of sulfonamides is 1. The lowest BCUT2D eigenvalue weighted by Crippen LogP contribution is -2.40. The van der Waals surface area contributed by atoms with E-state index >= 15 is 0 Å². The molecule has 17 heavy (non-hydrogen) atoms. The molecule has 4 nitrogen and oxygen atoms in total. The summed E-state index contributed by atoms with van der Waals surface area (Å²) >= 11 is 16.0. The summed E-state index contributed by atoms with van der Waals surface area (Å²) in [5, 5.41) is 0. The third-order valence-corrected chi connectivity index (χ3v) is 7.66. The van der Waals surface area contributed by atoms with Gasteiger partial charge in [-0.25, -0.2) is 8.42 Å².